The molecule has 0 spiro atoms. The highest BCUT2D eigenvalue weighted by molar-refractivity contribution is 5.95. The van der Waals surface area contributed by atoms with Crippen LogP contribution in [0.5, 0.6) is 0 Å². The van der Waals surface area contributed by atoms with Crippen LogP contribution in [0, 0.1) is 0 Å². The zero-order valence-electron chi connectivity index (χ0n) is 8.88. The van der Waals surface area contributed by atoms with Crippen LogP contribution in [0.3, 0.4) is 0 Å². The lowest BCUT2D eigenvalue weighted by Gasteiger charge is -2.00. The minimum atomic E-state index is -0.336. The molecular weight excluding hydrogens is 204 g/mol. The molecular formula is C12H12N2O2. The minimum Gasteiger partial charge on any atom is -0.320 e. The molecule has 0 aliphatic heterocycles. The molecule has 0 saturated heterocycles. The molecule has 1 N–H and O–H groups in total. The van der Waals surface area contributed by atoms with Gasteiger partial charge in [-0.05, 0) is 31.2 Å². The Hall–Kier alpha value is -2.23. The SMILES string of the molecule is C/C=C/C(=O)N/C(C=O)=C/c1ccccn1. The molecule has 1 rings (SSSR count). The number of allylic oxidation sites excluding steroid dienone is 2. The van der Waals surface area contributed by atoms with E-state index in [-0.39, 0.29) is 11.6 Å². The van der Waals surface area contributed by atoms with E-state index in [0.29, 0.717) is 12.0 Å². The summed E-state index contributed by atoms with van der Waals surface area (Å²) in [5.74, 6) is -0.336. The van der Waals surface area contributed by atoms with Gasteiger partial charge in [0.05, 0.1) is 11.4 Å². The second-order valence-corrected chi connectivity index (χ2v) is 2.96. The summed E-state index contributed by atoms with van der Waals surface area (Å²) in [7, 11) is 0. The molecule has 1 amide bonds. The standard InChI is InChI=1S/C12H12N2O2/c1-2-5-12(16)14-11(9-15)8-10-6-3-4-7-13-10/h2-9H,1H3,(H,14,16)/b5-2+,11-8+. The van der Waals surface area contributed by atoms with Crippen LogP contribution in [0.2, 0.25) is 0 Å². The zero-order chi connectivity index (χ0) is 11.8. The van der Waals surface area contributed by atoms with Crippen LogP contribution in [-0.2, 0) is 9.59 Å². The fourth-order valence-corrected chi connectivity index (χ4v) is 1.06. The van der Waals surface area contributed by atoms with Crippen molar-refractivity contribution in [3.05, 3.63) is 47.9 Å². The second kappa shape index (κ2) is 6.29. The van der Waals surface area contributed by atoms with Crippen molar-refractivity contribution in [3.8, 4) is 0 Å². The maximum atomic E-state index is 11.2. The van der Waals surface area contributed by atoms with Crippen LogP contribution in [0.4, 0.5) is 0 Å². The lowest BCUT2D eigenvalue weighted by atomic mass is 10.3. The number of nitrogens with zero attached hydrogens (tertiary/aromatic N) is 1. The lowest BCUT2D eigenvalue weighted by Crippen LogP contribution is -2.20. The summed E-state index contributed by atoms with van der Waals surface area (Å²) in [5.41, 5.74) is 0.798. The highest BCUT2D eigenvalue weighted by Gasteiger charge is 2.00. The van der Waals surface area contributed by atoms with Gasteiger partial charge in [-0.1, -0.05) is 12.1 Å². The summed E-state index contributed by atoms with van der Waals surface area (Å²) in [6.45, 7) is 1.72. The van der Waals surface area contributed by atoms with Gasteiger partial charge in [0, 0.05) is 6.20 Å². The Morgan fingerprint density at radius 3 is 2.81 bits per heavy atom. The van der Waals surface area contributed by atoms with Crippen molar-refractivity contribution < 1.29 is 9.59 Å². The van der Waals surface area contributed by atoms with E-state index < -0.39 is 0 Å². The Labute approximate surface area is 93.7 Å². The molecule has 0 bridgehead atoms. The van der Waals surface area contributed by atoms with Crippen LogP contribution in [0.15, 0.2) is 42.2 Å². The Morgan fingerprint density at radius 2 is 2.25 bits per heavy atom. The molecule has 82 valence electrons. The summed E-state index contributed by atoms with van der Waals surface area (Å²) in [6, 6.07) is 5.32. The molecule has 0 saturated carbocycles. The highest BCUT2D eigenvalue weighted by atomic mass is 16.2. The normalized spacial score (nSPS) is 11.4. The molecule has 0 aliphatic carbocycles. The van der Waals surface area contributed by atoms with Gasteiger partial charge in [-0.25, -0.2) is 0 Å². The number of carbonyl (C=O) groups excluding carboxylic acids is 2. The smallest absolute Gasteiger partial charge is 0.248 e. The molecule has 1 heterocycles. The third kappa shape index (κ3) is 3.88. The number of amides is 1. The quantitative estimate of drug-likeness (QED) is 0.610. The molecule has 16 heavy (non-hydrogen) atoms. The van der Waals surface area contributed by atoms with E-state index in [1.165, 1.54) is 12.2 Å². The van der Waals surface area contributed by atoms with Crippen molar-refractivity contribution in [2.75, 3.05) is 0 Å². The molecule has 0 aliphatic rings. The number of rotatable bonds is 4. The van der Waals surface area contributed by atoms with Crippen molar-refractivity contribution in [3.63, 3.8) is 0 Å². The van der Waals surface area contributed by atoms with E-state index in [2.05, 4.69) is 10.3 Å². The summed E-state index contributed by atoms with van der Waals surface area (Å²) in [6.07, 6.45) is 6.64. The average molecular weight is 216 g/mol. The zero-order valence-corrected chi connectivity index (χ0v) is 8.88. The predicted molar refractivity (Wildman–Crippen MR) is 61.2 cm³/mol. The summed E-state index contributed by atoms with van der Waals surface area (Å²) in [5, 5.41) is 2.44. The molecule has 1 aromatic rings. The molecule has 0 radical (unpaired) electrons. The lowest BCUT2D eigenvalue weighted by molar-refractivity contribution is -0.117. The van der Waals surface area contributed by atoms with Crippen molar-refractivity contribution in [1.82, 2.24) is 10.3 Å². The first-order valence-corrected chi connectivity index (χ1v) is 4.78. The molecule has 0 fully saturated rings. The van der Waals surface area contributed by atoms with Gasteiger partial charge in [-0.3, -0.25) is 14.6 Å². The van der Waals surface area contributed by atoms with Crippen LogP contribution in [0.25, 0.3) is 6.08 Å². The maximum absolute atomic E-state index is 11.2. The van der Waals surface area contributed by atoms with Crippen LogP contribution in [0.1, 0.15) is 12.6 Å². The molecule has 0 unspecified atom stereocenters. The van der Waals surface area contributed by atoms with Crippen LogP contribution in [-0.4, -0.2) is 17.2 Å². The number of aldehydes is 1. The van der Waals surface area contributed by atoms with Gasteiger partial charge in [0.1, 0.15) is 0 Å². The Morgan fingerprint density at radius 1 is 1.44 bits per heavy atom. The number of nitrogens with one attached hydrogen (secondary N) is 1. The van der Waals surface area contributed by atoms with Crippen molar-refractivity contribution >= 4 is 18.3 Å². The molecule has 4 nitrogen and oxygen atoms in total. The molecule has 4 heteroatoms. The minimum absolute atomic E-state index is 0.182. The largest absolute Gasteiger partial charge is 0.320 e. The van der Waals surface area contributed by atoms with E-state index in [1.807, 2.05) is 0 Å². The fraction of sp³-hybridized carbons (Fsp3) is 0.0833. The first-order valence-electron chi connectivity index (χ1n) is 4.78. The Balaban J connectivity index is 2.79. The first-order chi connectivity index (χ1) is 7.76. The number of aromatic nitrogens is 1. The van der Waals surface area contributed by atoms with E-state index in [0.717, 1.165) is 0 Å². The third-order valence-corrected chi connectivity index (χ3v) is 1.70. The van der Waals surface area contributed by atoms with E-state index in [4.69, 9.17) is 0 Å². The second-order valence-electron chi connectivity index (χ2n) is 2.96. The number of carbonyl (C=O) groups is 2. The Kier molecular flexibility index (Phi) is 4.66. The molecule has 0 aromatic carbocycles. The van der Waals surface area contributed by atoms with Gasteiger partial charge in [0.2, 0.25) is 5.91 Å². The summed E-state index contributed by atoms with van der Waals surface area (Å²) in [4.78, 5) is 25.9. The van der Waals surface area contributed by atoms with Crippen molar-refractivity contribution in [2.24, 2.45) is 0 Å². The van der Waals surface area contributed by atoms with Crippen LogP contribution >= 0.6 is 0 Å². The van der Waals surface area contributed by atoms with Crippen LogP contribution < -0.4 is 5.32 Å². The fourth-order valence-electron chi connectivity index (χ4n) is 1.06. The van der Waals surface area contributed by atoms with Gasteiger partial charge in [0.25, 0.3) is 0 Å². The average Bonchev–Trinajstić information content (AvgIpc) is 2.30. The first kappa shape index (κ1) is 11.8. The summed E-state index contributed by atoms with van der Waals surface area (Å²) >= 11 is 0. The molecule has 1 aromatic heterocycles. The van der Waals surface area contributed by atoms with Gasteiger partial charge < -0.3 is 5.32 Å². The molecule has 0 atom stereocenters. The number of hydrogen-bond donors (Lipinski definition) is 1. The highest BCUT2D eigenvalue weighted by Crippen LogP contribution is 1.99. The van der Waals surface area contributed by atoms with E-state index >= 15 is 0 Å². The summed E-state index contributed by atoms with van der Waals surface area (Å²) < 4.78 is 0. The van der Waals surface area contributed by atoms with E-state index in [1.54, 1.807) is 37.4 Å². The monoisotopic (exact) mass is 216 g/mol. The van der Waals surface area contributed by atoms with Gasteiger partial charge in [-0.15, -0.1) is 0 Å². The number of hydrogen-bond acceptors (Lipinski definition) is 3. The maximum Gasteiger partial charge on any atom is 0.248 e. The number of pyridine rings is 1. The van der Waals surface area contributed by atoms with Gasteiger partial charge >= 0.3 is 0 Å². The third-order valence-electron chi connectivity index (χ3n) is 1.70. The van der Waals surface area contributed by atoms with Gasteiger partial charge in [-0.2, -0.15) is 0 Å². The topological polar surface area (TPSA) is 59.1 Å². The Bertz CT molecular complexity index is 422. The van der Waals surface area contributed by atoms with Crippen molar-refractivity contribution in [1.29, 1.82) is 0 Å². The van der Waals surface area contributed by atoms with Gasteiger partial charge in [0.15, 0.2) is 6.29 Å². The van der Waals surface area contributed by atoms with Crippen molar-refractivity contribution in [2.45, 2.75) is 6.92 Å². The van der Waals surface area contributed by atoms with E-state index in [9.17, 15) is 9.59 Å². The predicted octanol–water partition coefficient (Wildman–Crippen LogP) is 1.31.